The Hall–Kier alpha value is -4.97. The summed E-state index contributed by atoms with van der Waals surface area (Å²) >= 11 is 0. The van der Waals surface area contributed by atoms with Crippen LogP contribution in [0.2, 0.25) is 0 Å². The number of hydrogen-bond donors (Lipinski definition) is 7. The molecule has 0 bridgehead atoms. The maximum atomic E-state index is 12.6. The van der Waals surface area contributed by atoms with Crippen LogP contribution >= 0.6 is 0 Å². The maximum Gasteiger partial charge on any atom is 0.330 e. The number of carbonyl (C=O) groups excluding carboxylic acids is 1. The van der Waals surface area contributed by atoms with Crippen LogP contribution in [0.1, 0.15) is 28.2 Å². The summed E-state index contributed by atoms with van der Waals surface area (Å²) in [5, 5.41) is 74.2. The summed E-state index contributed by atoms with van der Waals surface area (Å²) in [5.41, 5.74) is 2.28. The average Bonchev–Trinajstić information content (AvgIpc) is 3.19. The van der Waals surface area contributed by atoms with Gasteiger partial charge in [-0.3, -0.25) is 0 Å². The second-order valence-electron chi connectivity index (χ2n) is 12.8. The number of rotatable bonds is 14. The van der Waals surface area contributed by atoms with Gasteiger partial charge in [-0.15, -0.1) is 0 Å². The highest BCUT2D eigenvalue weighted by Gasteiger charge is 2.47. The third kappa shape index (κ3) is 7.94. The van der Waals surface area contributed by atoms with Gasteiger partial charge in [-0.25, -0.2) is 4.79 Å². The van der Waals surface area contributed by atoms with Gasteiger partial charge in [0.2, 0.25) is 17.8 Å². The first-order valence-corrected chi connectivity index (χ1v) is 17.0. The standard InChI is InChI=1S/C38H46O16/c1-47-24-10-18(6-8-23(24)41)7-9-29(42)52-17-28-33(44)34(45)35(46)38(53-28)54-36-27(50-4)14-19-11-21(15-39)22(16-40)30(31(19)37(36)51-5)20-12-25(48-2)32(43)26(13-20)49-3/h6-10,12-14,21-22,28,30,33-35,38-41,43-46H,11,15-17H2,1-5H3/b9-7+/t21-,22-,28+,30+,33+,34-,35+,38-/m0/s1. The Balaban J connectivity index is 1.48. The average molecular weight is 759 g/mol. The highest BCUT2D eigenvalue weighted by Crippen LogP contribution is 2.55. The number of benzene rings is 3. The van der Waals surface area contributed by atoms with Crippen LogP contribution < -0.4 is 28.4 Å². The molecule has 5 rings (SSSR count). The number of phenolic OH excluding ortho intramolecular Hbond substituents is 2. The first kappa shape index (κ1) is 40.2. The fourth-order valence-corrected chi connectivity index (χ4v) is 6.98. The molecule has 1 fully saturated rings. The lowest BCUT2D eigenvalue weighted by atomic mass is 9.66. The number of fused-ring (bicyclic) bond motifs is 1. The normalized spacial score (nSPS) is 25.1. The Kier molecular flexibility index (Phi) is 13.0. The zero-order valence-electron chi connectivity index (χ0n) is 30.4. The molecule has 0 amide bonds. The van der Waals surface area contributed by atoms with Crippen molar-refractivity contribution in [1.82, 2.24) is 0 Å². The topological polar surface area (TPSA) is 233 Å². The molecule has 1 saturated heterocycles. The van der Waals surface area contributed by atoms with Crippen molar-refractivity contribution >= 4 is 12.0 Å². The van der Waals surface area contributed by atoms with Crippen molar-refractivity contribution in [3.63, 3.8) is 0 Å². The van der Waals surface area contributed by atoms with E-state index in [0.717, 1.165) is 6.08 Å². The zero-order chi connectivity index (χ0) is 39.3. The second kappa shape index (κ2) is 17.4. The molecule has 8 atom stereocenters. The van der Waals surface area contributed by atoms with Crippen molar-refractivity contribution < 1.29 is 78.4 Å². The Morgan fingerprint density at radius 1 is 0.796 bits per heavy atom. The fourth-order valence-electron chi connectivity index (χ4n) is 6.98. The molecule has 54 heavy (non-hydrogen) atoms. The van der Waals surface area contributed by atoms with E-state index in [2.05, 4.69) is 0 Å². The quantitative estimate of drug-likeness (QED) is 0.0912. The summed E-state index contributed by atoms with van der Waals surface area (Å²) in [7, 11) is 6.90. The van der Waals surface area contributed by atoms with Gasteiger partial charge in [0.25, 0.3) is 0 Å². The number of carbonyl (C=O) groups is 1. The lowest BCUT2D eigenvalue weighted by Gasteiger charge is -2.42. The summed E-state index contributed by atoms with van der Waals surface area (Å²) in [6, 6.07) is 9.30. The van der Waals surface area contributed by atoms with Gasteiger partial charge in [0.1, 0.15) is 31.0 Å². The molecule has 0 radical (unpaired) electrons. The minimum absolute atomic E-state index is 0.0590. The summed E-state index contributed by atoms with van der Waals surface area (Å²) in [4.78, 5) is 12.6. The monoisotopic (exact) mass is 758 g/mol. The summed E-state index contributed by atoms with van der Waals surface area (Å²) in [5.74, 6) is -2.21. The Bertz CT molecular complexity index is 1790. The molecule has 1 heterocycles. The molecule has 3 aromatic carbocycles. The van der Waals surface area contributed by atoms with Crippen LogP contribution in [0, 0.1) is 11.8 Å². The Labute approximate surface area is 311 Å². The molecule has 1 aliphatic carbocycles. The molecule has 0 unspecified atom stereocenters. The lowest BCUT2D eigenvalue weighted by Crippen LogP contribution is -2.60. The maximum absolute atomic E-state index is 12.6. The van der Waals surface area contributed by atoms with E-state index in [1.807, 2.05) is 0 Å². The molecule has 0 spiro atoms. The van der Waals surface area contributed by atoms with Crippen LogP contribution in [0.3, 0.4) is 0 Å². The molecule has 2 aliphatic rings. The van der Waals surface area contributed by atoms with Gasteiger partial charge in [0.15, 0.2) is 34.5 Å². The van der Waals surface area contributed by atoms with Crippen molar-refractivity contribution in [1.29, 1.82) is 0 Å². The number of methoxy groups -OCH3 is 5. The van der Waals surface area contributed by atoms with E-state index in [1.165, 1.54) is 53.8 Å². The molecule has 1 aliphatic heterocycles. The van der Waals surface area contributed by atoms with Gasteiger partial charge in [-0.1, -0.05) is 6.07 Å². The van der Waals surface area contributed by atoms with Crippen LogP contribution in [-0.4, -0.2) is 128 Å². The van der Waals surface area contributed by atoms with Crippen molar-refractivity contribution in [2.75, 3.05) is 55.4 Å². The second-order valence-corrected chi connectivity index (χ2v) is 12.8. The molecule has 7 N–H and O–H groups in total. The first-order valence-electron chi connectivity index (χ1n) is 17.0. The summed E-state index contributed by atoms with van der Waals surface area (Å²) in [6.07, 6.45) is -5.45. The summed E-state index contributed by atoms with van der Waals surface area (Å²) < 4.78 is 44.9. The van der Waals surface area contributed by atoms with Crippen LogP contribution in [0.5, 0.6) is 46.0 Å². The third-order valence-electron chi connectivity index (χ3n) is 9.79. The number of esters is 1. The smallest absolute Gasteiger partial charge is 0.330 e. The van der Waals surface area contributed by atoms with E-state index in [4.69, 9.17) is 37.9 Å². The highest BCUT2D eigenvalue weighted by molar-refractivity contribution is 5.87. The van der Waals surface area contributed by atoms with Crippen molar-refractivity contribution in [2.24, 2.45) is 11.8 Å². The Morgan fingerprint density at radius 3 is 2.06 bits per heavy atom. The number of aromatic hydroxyl groups is 2. The van der Waals surface area contributed by atoms with Gasteiger partial charge in [-0.2, -0.15) is 0 Å². The predicted molar refractivity (Wildman–Crippen MR) is 189 cm³/mol. The van der Waals surface area contributed by atoms with E-state index in [0.29, 0.717) is 28.7 Å². The Morgan fingerprint density at radius 2 is 1.46 bits per heavy atom. The highest BCUT2D eigenvalue weighted by atomic mass is 16.7. The molecule has 0 saturated carbocycles. The lowest BCUT2D eigenvalue weighted by molar-refractivity contribution is -0.278. The predicted octanol–water partition coefficient (Wildman–Crippen LogP) is 1.49. The first-order chi connectivity index (χ1) is 25.9. The van der Waals surface area contributed by atoms with Crippen molar-refractivity contribution in [3.8, 4) is 46.0 Å². The minimum Gasteiger partial charge on any atom is -0.504 e. The van der Waals surface area contributed by atoms with Gasteiger partial charge >= 0.3 is 5.97 Å². The van der Waals surface area contributed by atoms with Gasteiger partial charge < -0.3 is 73.6 Å². The van der Waals surface area contributed by atoms with E-state index in [9.17, 15) is 40.5 Å². The van der Waals surface area contributed by atoms with E-state index < -0.39 is 61.0 Å². The van der Waals surface area contributed by atoms with Gasteiger partial charge in [-0.05, 0) is 71.4 Å². The summed E-state index contributed by atoms with van der Waals surface area (Å²) in [6.45, 7) is -1.15. The minimum atomic E-state index is -1.80. The van der Waals surface area contributed by atoms with Gasteiger partial charge in [0, 0.05) is 30.8 Å². The fraction of sp³-hybridized carbons (Fsp3) is 0.447. The number of hydrogen-bond acceptors (Lipinski definition) is 16. The molecular weight excluding hydrogens is 712 g/mol. The van der Waals surface area contributed by atoms with E-state index in [1.54, 1.807) is 24.3 Å². The molecule has 16 heteroatoms. The van der Waals surface area contributed by atoms with Crippen molar-refractivity contribution in [3.05, 3.63) is 64.7 Å². The van der Waals surface area contributed by atoms with Crippen LogP contribution in [0.15, 0.2) is 42.5 Å². The number of ether oxygens (including phenoxy) is 8. The van der Waals surface area contributed by atoms with Crippen molar-refractivity contribution in [2.45, 2.75) is 43.0 Å². The third-order valence-corrected chi connectivity index (χ3v) is 9.79. The SMILES string of the molecule is COc1cc(/C=C/C(=O)OC[C@H]2O[C@@H](Oc3c(OC)cc4c(c3OC)[C@H](c3cc(OC)c(O)c(OC)c3)[C@@H](CO)[C@H](CO)C4)[C@H](O)[C@@H](O)[C@@H]2O)ccc1O. The van der Waals surface area contributed by atoms with Gasteiger partial charge in [0.05, 0.1) is 35.5 Å². The number of aliphatic hydroxyl groups excluding tert-OH is 5. The zero-order valence-corrected chi connectivity index (χ0v) is 30.4. The molecule has 0 aromatic heterocycles. The number of aliphatic hydroxyl groups is 5. The van der Waals surface area contributed by atoms with Crippen LogP contribution in [0.25, 0.3) is 6.08 Å². The molecule has 3 aromatic rings. The van der Waals surface area contributed by atoms with E-state index >= 15 is 0 Å². The molecule has 294 valence electrons. The van der Waals surface area contributed by atoms with Crippen LogP contribution in [0.4, 0.5) is 0 Å². The molecule has 16 nitrogen and oxygen atoms in total. The largest absolute Gasteiger partial charge is 0.504 e. The number of phenols is 2. The van der Waals surface area contributed by atoms with E-state index in [-0.39, 0.29) is 59.2 Å². The van der Waals surface area contributed by atoms with Crippen LogP contribution in [-0.2, 0) is 20.7 Å². The molecular formula is C38H46O16.